The predicted octanol–water partition coefficient (Wildman–Crippen LogP) is -1.40. The summed E-state index contributed by atoms with van der Waals surface area (Å²) in [6.07, 6.45) is 0.315. The third-order valence-electron chi connectivity index (χ3n) is 1.88. The molecule has 1 unspecified atom stereocenters. The standard InChI is InChI=1S/C9H13N3O4/c1-16-9(15)7(13)5-10-8(14)4-6-2-3-11-12-6/h2-3,7,13H,4-5H2,1H3,(H,10,14)(H,11,12). The summed E-state index contributed by atoms with van der Waals surface area (Å²) in [5.74, 6) is -1.09. The Kier molecular flexibility index (Phi) is 4.46. The first-order valence-corrected chi connectivity index (χ1v) is 4.64. The van der Waals surface area contributed by atoms with Crippen molar-refractivity contribution < 1.29 is 19.4 Å². The molecule has 3 N–H and O–H groups in total. The van der Waals surface area contributed by atoms with E-state index in [9.17, 15) is 14.7 Å². The lowest BCUT2D eigenvalue weighted by molar-refractivity contribution is -0.150. The molecule has 1 rings (SSSR count). The van der Waals surface area contributed by atoms with Crippen molar-refractivity contribution in [2.75, 3.05) is 13.7 Å². The van der Waals surface area contributed by atoms with Crippen LogP contribution in [0.3, 0.4) is 0 Å². The number of nitrogens with zero attached hydrogens (tertiary/aromatic N) is 1. The van der Waals surface area contributed by atoms with Crippen LogP contribution in [0.25, 0.3) is 0 Å². The second-order valence-corrected chi connectivity index (χ2v) is 3.10. The molecule has 0 aliphatic heterocycles. The summed E-state index contributed by atoms with van der Waals surface area (Å²) in [4.78, 5) is 22.1. The van der Waals surface area contributed by atoms with Crippen molar-refractivity contribution in [3.8, 4) is 0 Å². The molecule has 16 heavy (non-hydrogen) atoms. The molecule has 1 aromatic rings. The molecule has 7 heteroatoms. The number of hydrogen-bond acceptors (Lipinski definition) is 5. The van der Waals surface area contributed by atoms with Gasteiger partial charge in [0.25, 0.3) is 0 Å². The van der Waals surface area contributed by atoms with Crippen LogP contribution in [0.5, 0.6) is 0 Å². The van der Waals surface area contributed by atoms with E-state index in [1.165, 1.54) is 6.20 Å². The van der Waals surface area contributed by atoms with E-state index in [1.807, 2.05) is 0 Å². The van der Waals surface area contributed by atoms with Gasteiger partial charge in [-0.25, -0.2) is 4.79 Å². The number of amides is 1. The van der Waals surface area contributed by atoms with Crippen LogP contribution in [-0.2, 0) is 20.7 Å². The highest BCUT2D eigenvalue weighted by atomic mass is 16.5. The average Bonchev–Trinajstić information content (AvgIpc) is 2.77. The second-order valence-electron chi connectivity index (χ2n) is 3.10. The summed E-state index contributed by atoms with van der Waals surface area (Å²) < 4.78 is 4.29. The van der Waals surface area contributed by atoms with Gasteiger partial charge in [-0.3, -0.25) is 9.89 Å². The summed E-state index contributed by atoms with van der Waals surface area (Å²) in [7, 11) is 1.16. The van der Waals surface area contributed by atoms with E-state index in [0.29, 0.717) is 5.69 Å². The van der Waals surface area contributed by atoms with Crippen LogP contribution in [0, 0.1) is 0 Å². The molecule has 0 aliphatic carbocycles. The summed E-state index contributed by atoms with van der Waals surface area (Å²) in [5, 5.41) is 17.9. The number of esters is 1. The maximum Gasteiger partial charge on any atom is 0.336 e. The number of H-pyrrole nitrogens is 1. The normalized spacial score (nSPS) is 11.9. The topological polar surface area (TPSA) is 104 Å². The summed E-state index contributed by atoms with van der Waals surface area (Å²) in [6, 6.07) is 1.66. The molecule has 0 saturated carbocycles. The fraction of sp³-hybridized carbons (Fsp3) is 0.444. The van der Waals surface area contributed by atoms with Gasteiger partial charge in [-0.2, -0.15) is 5.10 Å². The van der Waals surface area contributed by atoms with Gasteiger partial charge < -0.3 is 15.2 Å². The molecule has 0 saturated heterocycles. The number of methoxy groups -OCH3 is 1. The van der Waals surface area contributed by atoms with E-state index < -0.39 is 12.1 Å². The number of aromatic amines is 1. The van der Waals surface area contributed by atoms with Crippen molar-refractivity contribution in [1.82, 2.24) is 15.5 Å². The minimum absolute atomic E-state index is 0.119. The van der Waals surface area contributed by atoms with E-state index in [-0.39, 0.29) is 18.9 Å². The van der Waals surface area contributed by atoms with Crippen LogP contribution in [0.2, 0.25) is 0 Å². The molecule has 1 amide bonds. The van der Waals surface area contributed by atoms with Gasteiger partial charge in [0.05, 0.1) is 20.1 Å². The van der Waals surface area contributed by atoms with Crippen LogP contribution >= 0.6 is 0 Å². The monoisotopic (exact) mass is 227 g/mol. The number of ether oxygens (including phenoxy) is 1. The van der Waals surface area contributed by atoms with Crippen molar-refractivity contribution >= 4 is 11.9 Å². The van der Waals surface area contributed by atoms with Gasteiger partial charge in [-0.15, -0.1) is 0 Å². The van der Waals surface area contributed by atoms with Gasteiger partial charge in [0, 0.05) is 11.9 Å². The first-order valence-electron chi connectivity index (χ1n) is 4.64. The fourth-order valence-electron chi connectivity index (χ4n) is 1.05. The third-order valence-corrected chi connectivity index (χ3v) is 1.88. The zero-order valence-electron chi connectivity index (χ0n) is 8.77. The number of carbonyl (C=O) groups is 2. The first kappa shape index (κ1) is 12.2. The average molecular weight is 227 g/mol. The SMILES string of the molecule is COC(=O)C(O)CNC(=O)Cc1ccn[nH]1. The van der Waals surface area contributed by atoms with Crippen molar-refractivity contribution in [2.45, 2.75) is 12.5 Å². The Labute approximate surface area is 91.8 Å². The molecule has 7 nitrogen and oxygen atoms in total. The molecule has 1 atom stereocenters. The van der Waals surface area contributed by atoms with Crippen molar-refractivity contribution in [3.63, 3.8) is 0 Å². The maximum atomic E-state index is 11.3. The van der Waals surface area contributed by atoms with Crippen LogP contribution in [0.4, 0.5) is 0 Å². The Morgan fingerprint density at radius 3 is 3.00 bits per heavy atom. The van der Waals surface area contributed by atoms with Gasteiger partial charge in [0.1, 0.15) is 0 Å². The number of aromatic nitrogens is 2. The van der Waals surface area contributed by atoms with Crippen LogP contribution in [0.15, 0.2) is 12.3 Å². The van der Waals surface area contributed by atoms with E-state index in [4.69, 9.17) is 0 Å². The van der Waals surface area contributed by atoms with Gasteiger partial charge in [-0.1, -0.05) is 0 Å². The molecular formula is C9H13N3O4. The Morgan fingerprint density at radius 2 is 2.44 bits per heavy atom. The molecule has 0 bridgehead atoms. The summed E-state index contributed by atoms with van der Waals surface area (Å²) in [6.45, 7) is -0.167. The lowest BCUT2D eigenvalue weighted by Gasteiger charge is -2.09. The van der Waals surface area contributed by atoms with E-state index in [0.717, 1.165) is 7.11 Å². The minimum atomic E-state index is -1.34. The van der Waals surface area contributed by atoms with E-state index in [2.05, 4.69) is 20.3 Å². The molecule has 0 fully saturated rings. The number of aliphatic hydroxyl groups is 1. The highest BCUT2D eigenvalue weighted by Gasteiger charge is 2.16. The van der Waals surface area contributed by atoms with Crippen molar-refractivity contribution in [1.29, 1.82) is 0 Å². The molecule has 0 radical (unpaired) electrons. The molecule has 0 spiro atoms. The second kappa shape index (κ2) is 5.86. The van der Waals surface area contributed by atoms with E-state index >= 15 is 0 Å². The van der Waals surface area contributed by atoms with Gasteiger partial charge in [0.15, 0.2) is 6.10 Å². The lowest BCUT2D eigenvalue weighted by atomic mass is 10.3. The number of aliphatic hydroxyl groups excluding tert-OH is 1. The fourth-order valence-corrected chi connectivity index (χ4v) is 1.05. The Hall–Kier alpha value is -1.89. The zero-order chi connectivity index (χ0) is 12.0. The predicted molar refractivity (Wildman–Crippen MR) is 53.3 cm³/mol. The first-order chi connectivity index (χ1) is 7.63. The number of hydrogen-bond donors (Lipinski definition) is 3. The van der Waals surface area contributed by atoms with Gasteiger partial charge in [-0.05, 0) is 6.07 Å². The highest BCUT2D eigenvalue weighted by molar-refractivity contribution is 5.80. The largest absolute Gasteiger partial charge is 0.467 e. The van der Waals surface area contributed by atoms with Crippen LogP contribution < -0.4 is 5.32 Å². The molecule has 88 valence electrons. The molecule has 1 aromatic heterocycles. The highest BCUT2D eigenvalue weighted by Crippen LogP contribution is 1.93. The van der Waals surface area contributed by atoms with Crippen molar-refractivity contribution in [2.24, 2.45) is 0 Å². The number of rotatable bonds is 5. The van der Waals surface area contributed by atoms with Gasteiger partial charge in [0.2, 0.25) is 5.91 Å². The third kappa shape index (κ3) is 3.70. The van der Waals surface area contributed by atoms with Crippen LogP contribution in [-0.4, -0.2) is 46.9 Å². The molecule has 1 heterocycles. The molecular weight excluding hydrogens is 214 g/mol. The zero-order valence-corrected chi connectivity index (χ0v) is 8.77. The quantitative estimate of drug-likeness (QED) is 0.537. The Bertz CT molecular complexity index is 350. The minimum Gasteiger partial charge on any atom is -0.467 e. The lowest BCUT2D eigenvalue weighted by Crippen LogP contribution is -2.37. The van der Waals surface area contributed by atoms with Crippen LogP contribution in [0.1, 0.15) is 5.69 Å². The molecule has 0 aliphatic rings. The summed E-state index contributed by atoms with van der Waals surface area (Å²) in [5.41, 5.74) is 0.657. The Balaban J connectivity index is 2.28. The van der Waals surface area contributed by atoms with Crippen molar-refractivity contribution in [3.05, 3.63) is 18.0 Å². The smallest absolute Gasteiger partial charge is 0.336 e. The van der Waals surface area contributed by atoms with E-state index in [1.54, 1.807) is 6.07 Å². The summed E-state index contributed by atoms with van der Waals surface area (Å²) >= 11 is 0. The Morgan fingerprint density at radius 1 is 1.69 bits per heavy atom. The molecule has 0 aromatic carbocycles. The van der Waals surface area contributed by atoms with Gasteiger partial charge >= 0.3 is 5.97 Å². The number of carbonyl (C=O) groups excluding carboxylic acids is 2. The maximum absolute atomic E-state index is 11.3. The number of nitrogens with one attached hydrogen (secondary N) is 2.